The van der Waals surface area contributed by atoms with Crippen LogP contribution in [-0.4, -0.2) is 20.6 Å². The molecule has 1 unspecified atom stereocenters. The molecule has 0 saturated heterocycles. The third-order valence-corrected chi connectivity index (χ3v) is 5.56. The largest absolute Gasteiger partial charge is 0.384 e. The van der Waals surface area contributed by atoms with E-state index in [0.717, 1.165) is 4.31 Å². The van der Waals surface area contributed by atoms with Crippen molar-refractivity contribution in [2.24, 2.45) is 0 Å². The second-order valence-electron chi connectivity index (χ2n) is 4.62. The van der Waals surface area contributed by atoms with Gasteiger partial charge in [-0.15, -0.1) is 0 Å². The maximum absolute atomic E-state index is 12.6. The molecule has 1 atom stereocenters. The van der Waals surface area contributed by atoms with Crippen LogP contribution in [0.5, 0.6) is 0 Å². The summed E-state index contributed by atoms with van der Waals surface area (Å²) in [5.41, 5.74) is 1.28. The lowest BCUT2D eigenvalue weighted by molar-refractivity contribution is 0.218. The van der Waals surface area contributed by atoms with Gasteiger partial charge in [0, 0.05) is 23.2 Å². The van der Waals surface area contributed by atoms with Gasteiger partial charge >= 0.3 is 0 Å². The van der Waals surface area contributed by atoms with Crippen LogP contribution in [0.3, 0.4) is 0 Å². The Labute approximate surface area is 122 Å². The SMILES string of the molecule is CN1c2cc(Cl)ccc2C(O)c2ccccc2S1(=O)=O. The van der Waals surface area contributed by atoms with Gasteiger partial charge in [-0.2, -0.15) is 0 Å². The minimum Gasteiger partial charge on any atom is -0.384 e. The number of hydrogen-bond donors (Lipinski definition) is 1. The van der Waals surface area contributed by atoms with Crippen LogP contribution >= 0.6 is 11.6 Å². The topological polar surface area (TPSA) is 57.6 Å². The standard InChI is InChI=1S/C14H12ClNO3S/c1-16-12-8-9(15)6-7-10(12)14(17)11-4-2-3-5-13(11)20(16,18)19/h2-8,14,17H,1H3. The molecule has 1 N–H and O–H groups in total. The highest BCUT2D eigenvalue weighted by atomic mass is 35.5. The minimum absolute atomic E-state index is 0.113. The van der Waals surface area contributed by atoms with Crippen LogP contribution in [0.1, 0.15) is 17.2 Å². The lowest BCUT2D eigenvalue weighted by atomic mass is 10.00. The maximum atomic E-state index is 12.6. The third kappa shape index (κ3) is 1.82. The number of sulfonamides is 1. The highest BCUT2D eigenvalue weighted by Gasteiger charge is 2.33. The summed E-state index contributed by atoms with van der Waals surface area (Å²) < 4.78 is 26.4. The van der Waals surface area contributed by atoms with Gasteiger partial charge in [0.1, 0.15) is 6.10 Å². The number of anilines is 1. The maximum Gasteiger partial charge on any atom is 0.264 e. The molecular weight excluding hydrogens is 298 g/mol. The van der Waals surface area contributed by atoms with Crippen molar-refractivity contribution in [2.45, 2.75) is 11.0 Å². The highest BCUT2D eigenvalue weighted by Crippen LogP contribution is 2.40. The lowest BCUT2D eigenvalue weighted by Gasteiger charge is -2.19. The van der Waals surface area contributed by atoms with Crippen molar-refractivity contribution < 1.29 is 13.5 Å². The van der Waals surface area contributed by atoms with Crippen molar-refractivity contribution in [3.63, 3.8) is 0 Å². The van der Waals surface area contributed by atoms with Gasteiger partial charge < -0.3 is 5.11 Å². The average Bonchev–Trinajstić information content (AvgIpc) is 2.50. The fourth-order valence-electron chi connectivity index (χ4n) is 2.41. The zero-order valence-electron chi connectivity index (χ0n) is 10.6. The number of aliphatic hydroxyl groups is 1. The Hall–Kier alpha value is -1.56. The summed E-state index contributed by atoms with van der Waals surface area (Å²) in [4.78, 5) is 0.113. The van der Waals surface area contributed by atoms with E-state index in [2.05, 4.69) is 0 Å². The predicted octanol–water partition coefficient (Wildman–Crippen LogP) is 2.56. The summed E-state index contributed by atoms with van der Waals surface area (Å²) >= 11 is 5.94. The van der Waals surface area contributed by atoms with Gasteiger partial charge in [-0.1, -0.05) is 35.9 Å². The molecule has 0 aromatic heterocycles. The minimum atomic E-state index is -3.71. The number of benzene rings is 2. The first-order valence-corrected chi connectivity index (χ1v) is 7.80. The molecule has 1 aliphatic heterocycles. The summed E-state index contributed by atoms with van der Waals surface area (Å²) in [5.74, 6) is 0. The van der Waals surface area contributed by atoms with Crippen LogP contribution in [0, 0.1) is 0 Å². The molecule has 1 aliphatic rings. The number of fused-ring (bicyclic) bond motifs is 2. The van der Waals surface area contributed by atoms with E-state index >= 15 is 0 Å². The summed E-state index contributed by atoms with van der Waals surface area (Å²) in [5, 5.41) is 10.9. The van der Waals surface area contributed by atoms with Gasteiger partial charge in [-0.05, 0) is 18.2 Å². The van der Waals surface area contributed by atoms with E-state index in [9.17, 15) is 13.5 Å². The normalized spacial score (nSPS) is 19.9. The molecule has 20 heavy (non-hydrogen) atoms. The summed E-state index contributed by atoms with van der Waals surface area (Å²) in [6.07, 6.45) is -1.00. The number of hydrogen-bond acceptors (Lipinski definition) is 3. The first-order valence-electron chi connectivity index (χ1n) is 5.98. The third-order valence-electron chi connectivity index (χ3n) is 3.48. The van der Waals surface area contributed by atoms with Crippen molar-refractivity contribution >= 4 is 27.3 Å². The fourth-order valence-corrected chi connectivity index (χ4v) is 4.01. The molecule has 0 fully saturated rings. The zero-order valence-corrected chi connectivity index (χ0v) is 12.2. The van der Waals surface area contributed by atoms with Gasteiger partial charge in [-0.25, -0.2) is 8.42 Å². The second kappa shape index (κ2) is 4.48. The van der Waals surface area contributed by atoms with Crippen molar-refractivity contribution in [1.29, 1.82) is 0 Å². The van der Waals surface area contributed by atoms with Crippen LogP contribution in [0.4, 0.5) is 5.69 Å². The molecule has 0 bridgehead atoms. The number of aliphatic hydroxyl groups excluding tert-OH is 1. The molecule has 3 rings (SSSR count). The van der Waals surface area contributed by atoms with Crippen LogP contribution < -0.4 is 4.31 Å². The Morgan fingerprint density at radius 2 is 1.85 bits per heavy atom. The Bertz CT molecular complexity index is 789. The molecule has 0 aliphatic carbocycles. The first-order chi connectivity index (χ1) is 9.43. The molecule has 0 spiro atoms. The fraction of sp³-hybridized carbons (Fsp3) is 0.143. The van der Waals surface area contributed by atoms with Crippen molar-refractivity contribution in [3.05, 3.63) is 58.6 Å². The molecular formula is C14H12ClNO3S. The number of rotatable bonds is 0. The molecule has 2 aromatic rings. The molecule has 4 nitrogen and oxygen atoms in total. The Kier molecular flexibility index (Phi) is 3.01. The molecule has 0 amide bonds. The predicted molar refractivity (Wildman–Crippen MR) is 77.5 cm³/mol. The average molecular weight is 310 g/mol. The van der Waals surface area contributed by atoms with Crippen LogP contribution in [-0.2, 0) is 10.0 Å². The van der Waals surface area contributed by atoms with E-state index in [1.165, 1.54) is 13.1 Å². The van der Waals surface area contributed by atoms with E-state index in [0.29, 0.717) is 21.8 Å². The van der Waals surface area contributed by atoms with Gasteiger partial charge in [0.2, 0.25) is 0 Å². The smallest absolute Gasteiger partial charge is 0.264 e. The Balaban J connectivity index is 2.40. The molecule has 2 aromatic carbocycles. The zero-order chi connectivity index (χ0) is 14.5. The van der Waals surface area contributed by atoms with E-state index < -0.39 is 16.1 Å². The quantitative estimate of drug-likeness (QED) is 0.813. The molecule has 104 valence electrons. The van der Waals surface area contributed by atoms with E-state index in [1.807, 2.05) is 0 Å². The number of halogens is 1. The van der Waals surface area contributed by atoms with Gasteiger partial charge in [0.05, 0.1) is 10.6 Å². The second-order valence-corrected chi connectivity index (χ2v) is 6.99. The number of nitrogens with zero attached hydrogens (tertiary/aromatic N) is 1. The van der Waals surface area contributed by atoms with E-state index in [4.69, 9.17) is 11.6 Å². The van der Waals surface area contributed by atoms with Crippen LogP contribution in [0.15, 0.2) is 47.4 Å². The monoisotopic (exact) mass is 309 g/mol. The molecule has 6 heteroatoms. The van der Waals surface area contributed by atoms with Gasteiger partial charge in [0.15, 0.2) is 0 Å². The van der Waals surface area contributed by atoms with E-state index in [1.54, 1.807) is 36.4 Å². The first kappa shape index (κ1) is 13.4. The lowest BCUT2D eigenvalue weighted by Crippen LogP contribution is -2.26. The molecule has 1 heterocycles. The Morgan fingerprint density at radius 1 is 1.15 bits per heavy atom. The molecule has 0 radical (unpaired) electrons. The highest BCUT2D eigenvalue weighted by molar-refractivity contribution is 7.92. The summed E-state index contributed by atoms with van der Waals surface area (Å²) in [6, 6.07) is 11.3. The van der Waals surface area contributed by atoms with Gasteiger partial charge in [-0.3, -0.25) is 4.31 Å². The van der Waals surface area contributed by atoms with Crippen molar-refractivity contribution in [3.8, 4) is 0 Å². The Morgan fingerprint density at radius 3 is 2.60 bits per heavy atom. The molecule has 0 saturated carbocycles. The van der Waals surface area contributed by atoms with Crippen molar-refractivity contribution in [2.75, 3.05) is 11.4 Å². The summed E-state index contributed by atoms with van der Waals surface area (Å²) in [6.45, 7) is 0. The summed E-state index contributed by atoms with van der Waals surface area (Å²) in [7, 11) is -2.25. The van der Waals surface area contributed by atoms with Crippen LogP contribution in [0.2, 0.25) is 5.02 Å². The van der Waals surface area contributed by atoms with Crippen LogP contribution in [0.25, 0.3) is 0 Å². The van der Waals surface area contributed by atoms with Crippen molar-refractivity contribution in [1.82, 2.24) is 0 Å². The van der Waals surface area contributed by atoms with Gasteiger partial charge in [0.25, 0.3) is 10.0 Å². The van der Waals surface area contributed by atoms with E-state index in [-0.39, 0.29) is 4.90 Å².